The average Bonchev–Trinajstić information content (AvgIpc) is 2.42. The lowest BCUT2D eigenvalue weighted by molar-refractivity contribution is 0.313. The highest BCUT2D eigenvalue weighted by Crippen LogP contribution is 2.10. The first-order valence-electron chi connectivity index (χ1n) is 6.14. The molecule has 0 aliphatic carbocycles. The van der Waals surface area contributed by atoms with Gasteiger partial charge < -0.3 is 10.1 Å². The fourth-order valence-electron chi connectivity index (χ4n) is 1.61. The van der Waals surface area contributed by atoms with Gasteiger partial charge in [-0.15, -0.1) is 0 Å². The molecule has 0 unspecified atom stereocenters. The molecule has 2 aromatic rings. The zero-order valence-electron chi connectivity index (χ0n) is 10.6. The van der Waals surface area contributed by atoms with Crippen LogP contribution in [0.5, 0.6) is 5.75 Å². The summed E-state index contributed by atoms with van der Waals surface area (Å²) in [5, 5.41) is 3.32. The number of rotatable bonds is 6. The zero-order valence-corrected chi connectivity index (χ0v) is 10.6. The number of hydrogen-bond donors (Lipinski definition) is 1. The Morgan fingerprint density at radius 2 is 2.00 bits per heavy atom. The van der Waals surface area contributed by atoms with E-state index in [4.69, 9.17) is 4.74 Å². The van der Waals surface area contributed by atoms with Gasteiger partial charge in [-0.05, 0) is 30.7 Å². The van der Waals surface area contributed by atoms with Gasteiger partial charge in [0, 0.05) is 25.5 Å². The SMILES string of the molecule is Cc1ccc(OCCNCc2cccnc2)cc1. The number of hydrogen-bond acceptors (Lipinski definition) is 3. The normalized spacial score (nSPS) is 10.3. The highest BCUT2D eigenvalue weighted by atomic mass is 16.5. The fraction of sp³-hybridized carbons (Fsp3) is 0.267. The molecule has 0 radical (unpaired) electrons. The topological polar surface area (TPSA) is 34.1 Å². The molecule has 0 aliphatic rings. The van der Waals surface area contributed by atoms with E-state index in [2.05, 4.69) is 35.4 Å². The van der Waals surface area contributed by atoms with Crippen LogP contribution >= 0.6 is 0 Å². The summed E-state index contributed by atoms with van der Waals surface area (Å²) in [6, 6.07) is 12.1. The molecule has 18 heavy (non-hydrogen) atoms. The van der Waals surface area contributed by atoms with Crippen molar-refractivity contribution in [1.29, 1.82) is 0 Å². The summed E-state index contributed by atoms with van der Waals surface area (Å²) in [5.41, 5.74) is 2.44. The highest BCUT2D eigenvalue weighted by molar-refractivity contribution is 5.26. The minimum atomic E-state index is 0.670. The maximum Gasteiger partial charge on any atom is 0.119 e. The first-order chi connectivity index (χ1) is 8.84. The minimum Gasteiger partial charge on any atom is -0.492 e. The van der Waals surface area contributed by atoms with Crippen molar-refractivity contribution in [3.8, 4) is 5.75 Å². The van der Waals surface area contributed by atoms with E-state index in [1.54, 1.807) is 6.20 Å². The number of nitrogens with one attached hydrogen (secondary N) is 1. The average molecular weight is 242 g/mol. The van der Waals surface area contributed by atoms with Crippen molar-refractivity contribution >= 4 is 0 Å². The Kier molecular flexibility index (Phi) is 4.73. The van der Waals surface area contributed by atoms with Gasteiger partial charge in [-0.25, -0.2) is 0 Å². The van der Waals surface area contributed by atoms with Crippen LogP contribution in [0.2, 0.25) is 0 Å². The van der Waals surface area contributed by atoms with E-state index in [0.29, 0.717) is 6.61 Å². The number of pyridine rings is 1. The van der Waals surface area contributed by atoms with Gasteiger partial charge in [0.05, 0.1) is 0 Å². The Balaban J connectivity index is 1.63. The van der Waals surface area contributed by atoms with Crippen LogP contribution in [0.1, 0.15) is 11.1 Å². The Bertz CT molecular complexity index is 454. The van der Waals surface area contributed by atoms with E-state index in [0.717, 1.165) is 18.8 Å². The summed E-state index contributed by atoms with van der Waals surface area (Å²) in [5.74, 6) is 0.920. The van der Waals surface area contributed by atoms with Crippen molar-refractivity contribution in [3.05, 3.63) is 59.9 Å². The molecule has 0 amide bonds. The minimum absolute atomic E-state index is 0.670. The summed E-state index contributed by atoms with van der Waals surface area (Å²) >= 11 is 0. The Morgan fingerprint density at radius 1 is 1.17 bits per heavy atom. The lowest BCUT2D eigenvalue weighted by atomic mass is 10.2. The van der Waals surface area contributed by atoms with Gasteiger partial charge in [-0.3, -0.25) is 4.98 Å². The third kappa shape index (κ3) is 4.18. The highest BCUT2D eigenvalue weighted by Gasteiger charge is 1.94. The van der Waals surface area contributed by atoms with E-state index in [-0.39, 0.29) is 0 Å². The van der Waals surface area contributed by atoms with Crippen LogP contribution in [0.25, 0.3) is 0 Å². The van der Waals surface area contributed by atoms with Gasteiger partial charge in [0.15, 0.2) is 0 Å². The molecule has 0 fully saturated rings. The second-order valence-corrected chi connectivity index (χ2v) is 4.20. The molecule has 1 aromatic carbocycles. The zero-order chi connectivity index (χ0) is 12.6. The van der Waals surface area contributed by atoms with Gasteiger partial charge in [0.1, 0.15) is 12.4 Å². The lowest BCUT2D eigenvalue weighted by Crippen LogP contribution is -2.20. The molecule has 3 nitrogen and oxygen atoms in total. The largest absolute Gasteiger partial charge is 0.492 e. The summed E-state index contributed by atoms with van der Waals surface area (Å²) in [6.07, 6.45) is 3.65. The first kappa shape index (κ1) is 12.6. The summed E-state index contributed by atoms with van der Waals surface area (Å²) in [6.45, 7) is 4.39. The molecular weight excluding hydrogens is 224 g/mol. The molecule has 0 aliphatic heterocycles. The van der Waals surface area contributed by atoms with Crippen molar-refractivity contribution in [3.63, 3.8) is 0 Å². The van der Waals surface area contributed by atoms with Crippen molar-refractivity contribution in [2.24, 2.45) is 0 Å². The molecular formula is C15H18N2O. The maximum atomic E-state index is 5.62. The monoisotopic (exact) mass is 242 g/mol. The van der Waals surface area contributed by atoms with E-state index in [9.17, 15) is 0 Å². The molecule has 0 bridgehead atoms. The number of aromatic nitrogens is 1. The van der Waals surface area contributed by atoms with Crippen molar-refractivity contribution < 1.29 is 4.74 Å². The molecule has 3 heteroatoms. The van der Waals surface area contributed by atoms with E-state index in [1.807, 2.05) is 24.4 Å². The first-order valence-corrected chi connectivity index (χ1v) is 6.14. The Morgan fingerprint density at radius 3 is 2.72 bits per heavy atom. The molecule has 0 atom stereocenters. The second-order valence-electron chi connectivity index (χ2n) is 4.20. The van der Waals surface area contributed by atoms with Crippen molar-refractivity contribution in [2.45, 2.75) is 13.5 Å². The van der Waals surface area contributed by atoms with Crippen LogP contribution in [0, 0.1) is 6.92 Å². The fourth-order valence-corrected chi connectivity index (χ4v) is 1.61. The van der Waals surface area contributed by atoms with E-state index < -0.39 is 0 Å². The second kappa shape index (κ2) is 6.77. The van der Waals surface area contributed by atoms with Crippen LogP contribution in [0.4, 0.5) is 0 Å². The predicted octanol–water partition coefficient (Wildman–Crippen LogP) is 2.56. The smallest absolute Gasteiger partial charge is 0.119 e. The molecule has 1 aromatic heterocycles. The van der Waals surface area contributed by atoms with E-state index >= 15 is 0 Å². The van der Waals surface area contributed by atoms with Gasteiger partial charge >= 0.3 is 0 Å². The van der Waals surface area contributed by atoms with Gasteiger partial charge in [0.25, 0.3) is 0 Å². The van der Waals surface area contributed by atoms with Crippen LogP contribution < -0.4 is 10.1 Å². The summed E-state index contributed by atoms with van der Waals surface area (Å²) in [4.78, 5) is 4.07. The van der Waals surface area contributed by atoms with Gasteiger partial charge in [-0.1, -0.05) is 23.8 Å². The van der Waals surface area contributed by atoms with Gasteiger partial charge in [-0.2, -0.15) is 0 Å². The maximum absolute atomic E-state index is 5.62. The lowest BCUT2D eigenvalue weighted by Gasteiger charge is -2.07. The van der Waals surface area contributed by atoms with E-state index in [1.165, 1.54) is 11.1 Å². The quantitative estimate of drug-likeness (QED) is 0.790. The summed E-state index contributed by atoms with van der Waals surface area (Å²) < 4.78 is 5.62. The molecule has 2 rings (SSSR count). The van der Waals surface area contributed by atoms with Crippen molar-refractivity contribution in [2.75, 3.05) is 13.2 Å². The molecule has 0 saturated heterocycles. The molecule has 94 valence electrons. The molecule has 1 N–H and O–H groups in total. The number of aryl methyl sites for hydroxylation is 1. The van der Waals surface area contributed by atoms with Gasteiger partial charge in [0.2, 0.25) is 0 Å². The predicted molar refractivity (Wildman–Crippen MR) is 72.6 cm³/mol. The number of ether oxygens (including phenoxy) is 1. The number of nitrogens with zero attached hydrogens (tertiary/aromatic N) is 1. The van der Waals surface area contributed by atoms with Crippen LogP contribution in [-0.2, 0) is 6.54 Å². The number of benzene rings is 1. The van der Waals surface area contributed by atoms with Crippen LogP contribution in [-0.4, -0.2) is 18.1 Å². The third-order valence-corrected chi connectivity index (χ3v) is 2.62. The van der Waals surface area contributed by atoms with Crippen molar-refractivity contribution in [1.82, 2.24) is 10.3 Å². The molecule has 1 heterocycles. The standard InChI is InChI=1S/C15H18N2O/c1-13-4-6-15(7-5-13)18-10-9-17-12-14-3-2-8-16-11-14/h2-8,11,17H,9-10,12H2,1H3. The Labute approximate surface area is 108 Å². The summed E-state index contributed by atoms with van der Waals surface area (Å²) in [7, 11) is 0. The van der Waals surface area contributed by atoms with Crippen LogP contribution in [0.15, 0.2) is 48.8 Å². The molecule has 0 spiro atoms. The molecule has 0 saturated carbocycles. The third-order valence-electron chi connectivity index (χ3n) is 2.62. The Hall–Kier alpha value is -1.87. The van der Waals surface area contributed by atoms with Crippen LogP contribution in [0.3, 0.4) is 0 Å².